The van der Waals surface area contributed by atoms with E-state index in [2.05, 4.69) is 5.32 Å². The summed E-state index contributed by atoms with van der Waals surface area (Å²) in [5, 5.41) is 12.5. The van der Waals surface area contributed by atoms with E-state index in [0.29, 0.717) is 50.9 Å². The first-order valence-electron chi connectivity index (χ1n) is 11.9. The maximum absolute atomic E-state index is 13.1. The van der Waals surface area contributed by atoms with Crippen LogP contribution >= 0.6 is 0 Å². The van der Waals surface area contributed by atoms with Gasteiger partial charge in [0.2, 0.25) is 11.8 Å². The Balaban J connectivity index is 1.79. The van der Waals surface area contributed by atoms with Gasteiger partial charge in [-0.2, -0.15) is 0 Å². The highest BCUT2D eigenvalue weighted by Gasteiger charge is 2.26. The number of nitrogens with one attached hydrogen (secondary N) is 1. The third kappa shape index (κ3) is 7.10. The number of likely N-dealkylation sites (tertiary alicyclic amines) is 1. The molecule has 8 heteroatoms. The molecule has 0 spiro atoms. The van der Waals surface area contributed by atoms with Crippen molar-refractivity contribution < 1.29 is 24.2 Å². The third-order valence-electron chi connectivity index (χ3n) is 6.00. The Bertz CT molecular complexity index is 757. The molecule has 0 aromatic heterocycles. The van der Waals surface area contributed by atoms with Gasteiger partial charge < -0.3 is 24.8 Å². The van der Waals surface area contributed by atoms with Crippen LogP contribution < -0.4 is 14.8 Å². The molecule has 8 nitrogen and oxygen atoms in total. The fraction of sp³-hybridized carbons (Fsp3) is 0.667. The van der Waals surface area contributed by atoms with E-state index in [1.54, 1.807) is 0 Å². The summed E-state index contributed by atoms with van der Waals surface area (Å²) in [4.78, 5) is 29.3. The minimum atomic E-state index is -0.0765. The van der Waals surface area contributed by atoms with Crippen molar-refractivity contribution in [3.63, 3.8) is 0 Å². The summed E-state index contributed by atoms with van der Waals surface area (Å²) >= 11 is 0. The van der Waals surface area contributed by atoms with Gasteiger partial charge in [-0.15, -0.1) is 0 Å². The second-order valence-electron chi connectivity index (χ2n) is 8.61. The molecule has 0 radical (unpaired) electrons. The molecular weight excluding hydrogens is 410 g/mol. The number of benzene rings is 1. The van der Waals surface area contributed by atoms with Crippen molar-refractivity contribution in [3.05, 3.63) is 23.8 Å². The molecule has 3 rings (SSSR count). The Morgan fingerprint density at radius 1 is 1.25 bits per heavy atom. The molecule has 1 aromatic carbocycles. The summed E-state index contributed by atoms with van der Waals surface area (Å²) in [7, 11) is 0. The first-order chi connectivity index (χ1) is 15.6. The van der Waals surface area contributed by atoms with Crippen LogP contribution in [-0.2, 0) is 16.1 Å². The molecule has 2 N–H and O–H groups in total. The molecule has 2 heterocycles. The highest BCUT2D eigenvalue weighted by molar-refractivity contribution is 5.81. The van der Waals surface area contributed by atoms with Gasteiger partial charge in [0.25, 0.3) is 0 Å². The number of nitrogens with zero attached hydrogens (tertiary/aromatic N) is 2. The lowest BCUT2D eigenvalue weighted by atomic mass is 9.99. The summed E-state index contributed by atoms with van der Waals surface area (Å²) in [6.45, 7) is 5.74. The molecule has 1 saturated heterocycles. The zero-order chi connectivity index (χ0) is 22.8. The lowest BCUT2D eigenvalue weighted by Crippen LogP contribution is -2.47. The van der Waals surface area contributed by atoms with Crippen molar-refractivity contribution in [2.45, 2.75) is 45.6 Å². The van der Waals surface area contributed by atoms with Crippen LogP contribution in [0.4, 0.5) is 0 Å². The van der Waals surface area contributed by atoms with Gasteiger partial charge >= 0.3 is 0 Å². The number of aliphatic hydroxyl groups excluding tert-OH is 1. The number of piperidine rings is 1. The molecule has 2 aliphatic heterocycles. The highest BCUT2D eigenvalue weighted by atomic mass is 16.5. The van der Waals surface area contributed by atoms with Gasteiger partial charge in [-0.25, -0.2) is 0 Å². The number of hydrogen-bond acceptors (Lipinski definition) is 6. The Morgan fingerprint density at radius 3 is 2.94 bits per heavy atom. The lowest BCUT2D eigenvalue weighted by molar-refractivity contribution is -0.135. The van der Waals surface area contributed by atoms with Gasteiger partial charge in [0.1, 0.15) is 0 Å². The molecule has 1 unspecified atom stereocenters. The average molecular weight is 448 g/mol. The number of amides is 2. The van der Waals surface area contributed by atoms with Crippen LogP contribution in [0.1, 0.15) is 44.6 Å². The summed E-state index contributed by atoms with van der Waals surface area (Å²) in [6, 6.07) is 5.78. The van der Waals surface area contributed by atoms with Crippen LogP contribution in [0.15, 0.2) is 18.2 Å². The fourth-order valence-corrected chi connectivity index (χ4v) is 4.32. The van der Waals surface area contributed by atoms with Crippen molar-refractivity contribution >= 4 is 11.8 Å². The lowest BCUT2D eigenvalue weighted by Gasteiger charge is -2.33. The number of aliphatic hydroxyl groups is 1. The molecule has 0 bridgehead atoms. The highest BCUT2D eigenvalue weighted by Crippen LogP contribution is 2.32. The van der Waals surface area contributed by atoms with Crippen LogP contribution in [0.2, 0.25) is 0 Å². The molecule has 32 heavy (non-hydrogen) atoms. The van der Waals surface area contributed by atoms with Crippen molar-refractivity contribution in [1.82, 2.24) is 15.1 Å². The Hall–Kier alpha value is -2.32. The summed E-state index contributed by atoms with van der Waals surface area (Å²) in [6.07, 6.45) is 4.60. The number of carbonyl (C=O) groups is 2. The quantitative estimate of drug-likeness (QED) is 0.715. The summed E-state index contributed by atoms with van der Waals surface area (Å²) in [5.41, 5.74) is 0.905. The van der Waals surface area contributed by atoms with Crippen molar-refractivity contribution in [3.8, 4) is 11.5 Å². The van der Waals surface area contributed by atoms with Crippen LogP contribution in [0.25, 0.3) is 0 Å². The summed E-state index contributed by atoms with van der Waals surface area (Å²) < 4.78 is 11.9. The molecule has 1 aromatic rings. The molecule has 2 aliphatic rings. The van der Waals surface area contributed by atoms with E-state index >= 15 is 0 Å². The summed E-state index contributed by atoms with van der Waals surface area (Å²) in [5.74, 6) is 1.44. The normalized spacial score (nSPS) is 21.2. The molecule has 0 aliphatic carbocycles. The van der Waals surface area contributed by atoms with Gasteiger partial charge in [0.15, 0.2) is 11.5 Å². The topological polar surface area (TPSA) is 91.3 Å². The zero-order valence-corrected chi connectivity index (χ0v) is 19.2. The van der Waals surface area contributed by atoms with E-state index in [1.807, 2.05) is 34.9 Å². The first-order valence-corrected chi connectivity index (χ1v) is 11.9. The van der Waals surface area contributed by atoms with Crippen molar-refractivity contribution in [1.29, 1.82) is 0 Å². The smallest absolute Gasteiger partial charge is 0.236 e. The second kappa shape index (κ2) is 12.6. The van der Waals surface area contributed by atoms with Crippen molar-refractivity contribution in [2.24, 2.45) is 5.92 Å². The van der Waals surface area contributed by atoms with E-state index in [1.165, 1.54) is 0 Å². The van der Waals surface area contributed by atoms with E-state index in [9.17, 15) is 14.7 Å². The first kappa shape index (κ1) is 24.3. The second-order valence-corrected chi connectivity index (χ2v) is 8.61. The monoisotopic (exact) mass is 447 g/mol. The van der Waals surface area contributed by atoms with Crippen molar-refractivity contribution in [2.75, 3.05) is 52.5 Å². The minimum absolute atomic E-state index is 0.0105. The Kier molecular flexibility index (Phi) is 9.62. The maximum Gasteiger partial charge on any atom is 0.236 e. The Morgan fingerprint density at radius 2 is 2.12 bits per heavy atom. The van der Waals surface area contributed by atoms with Gasteiger partial charge in [-0.1, -0.05) is 12.1 Å². The van der Waals surface area contributed by atoms with Gasteiger partial charge in [-0.3, -0.25) is 14.5 Å². The van der Waals surface area contributed by atoms with Crippen LogP contribution in [0.3, 0.4) is 0 Å². The largest absolute Gasteiger partial charge is 0.490 e. The number of rotatable bonds is 5. The van der Waals surface area contributed by atoms with E-state index < -0.39 is 0 Å². The van der Waals surface area contributed by atoms with Gasteiger partial charge in [0.05, 0.1) is 26.3 Å². The molecule has 1 fully saturated rings. The maximum atomic E-state index is 13.1. The van der Waals surface area contributed by atoms with E-state index in [4.69, 9.17) is 9.47 Å². The third-order valence-corrected chi connectivity index (χ3v) is 6.00. The fourth-order valence-electron chi connectivity index (χ4n) is 4.32. The SMILES string of the molecule is CCOc1cccc2c1OCCCCCNC(=O)CN(CC(=O)N1CCCC(CO)C1)C2. The molecule has 178 valence electrons. The molecule has 2 amide bonds. The number of ether oxygens (including phenoxy) is 2. The van der Waals surface area contributed by atoms with Gasteiger partial charge in [-0.05, 0) is 51.0 Å². The predicted molar refractivity (Wildman–Crippen MR) is 122 cm³/mol. The number of para-hydroxylation sites is 1. The molecule has 1 atom stereocenters. The number of fused-ring (bicyclic) bond motifs is 1. The Labute approximate surface area is 190 Å². The predicted octanol–water partition coefficient (Wildman–Crippen LogP) is 1.80. The van der Waals surface area contributed by atoms with Crippen LogP contribution in [-0.4, -0.2) is 79.3 Å². The number of hydrogen-bond donors (Lipinski definition) is 2. The molecular formula is C24H37N3O5. The standard InChI is InChI=1S/C24H37N3O5/c1-2-31-21-10-6-9-20-15-26(17-23(30)27-12-7-8-19(14-27)18-28)16-22(29)25-11-4-3-5-13-32-24(20)21/h6,9-10,19,28H,2-5,7-8,11-18H2,1H3,(H,25,29). The van der Waals surface area contributed by atoms with E-state index in [-0.39, 0.29) is 37.4 Å². The van der Waals surface area contributed by atoms with Gasteiger partial charge in [0, 0.05) is 38.3 Å². The molecule has 0 saturated carbocycles. The zero-order valence-electron chi connectivity index (χ0n) is 19.2. The van der Waals surface area contributed by atoms with E-state index in [0.717, 1.165) is 37.7 Å². The number of carbonyl (C=O) groups excluding carboxylic acids is 2. The van der Waals surface area contributed by atoms with Crippen LogP contribution in [0, 0.1) is 5.92 Å². The van der Waals surface area contributed by atoms with Crippen LogP contribution in [0.5, 0.6) is 11.5 Å². The average Bonchev–Trinajstić information content (AvgIpc) is 2.81. The minimum Gasteiger partial charge on any atom is -0.490 e.